The number of carbonyl (C=O) groups excluding carboxylic acids is 1. The fraction of sp³-hybridized carbons (Fsp3) is 0.588. The lowest BCUT2D eigenvalue weighted by Crippen LogP contribution is -2.32. The van der Waals surface area contributed by atoms with Gasteiger partial charge < -0.3 is 10.4 Å². The van der Waals surface area contributed by atoms with E-state index in [9.17, 15) is 9.90 Å². The summed E-state index contributed by atoms with van der Waals surface area (Å²) in [7, 11) is 0. The van der Waals surface area contributed by atoms with Gasteiger partial charge in [-0.2, -0.15) is 0 Å². The minimum absolute atomic E-state index is 0.0559. The molecule has 3 nitrogen and oxygen atoms in total. The van der Waals surface area contributed by atoms with Crippen LogP contribution >= 0.6 is 0 Å². The molecule has 0 spiro atoms. The maximum Gasteiger partial charge on any atom is 0.222 e. The third-order valence-electron chi connectivity index (χ3n) is 4.20. The van der Waals surface area contributed by atoms with Gasteiger partial charge in [0.1, 0.15) is 0 Å². The van der Waals surface area contributed by atoms with Crippen molar-refractivity contribution in [3.05, 3.63) is 35.9 Å². The van der Waals surface area contributed by atoms with E-state index in [1.807, 2.05) is 30.3 Å². The second-order valence-corrected chi connectivity index (χ2v) is 6.07. The van der Waals surface area contributed by atoms with Crippen molar-refractivity contribution in [2.75, 3.05) is 6.54 Å². The van der Waals surface area contributed by atoms with E-state index >= 15 is 0 Å². The molecule has 2 N–H and O–H groups in total. The SMILES string of the molecule is CC1CCCC(CNC(=O)CC(O)c2ccccc2)C1. The largest absolute Gasteiger partial charge is 0.388 e. The Bertz CT molecular complexity index is 418. The van der Waals surface area contributed by atoms with Crippen LogP contribution in [0.3, 0.4) is 0 Å². The zero-order valence-electron chi connectivity index (χ0n) is 12.2. The van der Waals surface area contributed by atoms with Crippen molar-refractivity contribution in [3.63, 3.8) is 0 Å². The molecule has 3 heteroatoms. The highest BCUT2D eigenvalue weighted by molar-refractivity contribution is 5.76. The molecule has 0 saturated heterocycles. The van der Waals surface area contributed by atoms with Crippen LogP contribution in [0.1, 0.15) is 50.7 Å². The molecule has 110 valence electrons. The molecule has 1 aromatic rings. The lowest BCUT2D eigenvalue weighted by molar-refractivity contribution is -0.123. The normalized spacial score (nSPS) is 24.1. The monoisotopic (exact) mass is 275 g/mol. The highest BCUT2D eigenvalue weighted by Crippen LogP contribution is 2.28. The van der Waals surface area contributed by atoms with Gasteiger partial charge in [-0.05, 0) is 30.2 Å². The van der Waals surface area contributed by atoms with Gasteiger partial charge in [0.05, 0.1) is 12.5 Å². The maximum atomic E-state index is 11.9. The molecule has 1 aliphatic rings. The van der Waals surface area contributed by atoms with Crippen molar-refractivity contribution >= 4 is 5.91 Å². The van der Waals surface area contributed by atoms with E-state index in [1.165, 1.54) is 25.7 Å². The quantitative estimate of drug-likeness (QED) is 0.867. The fourth-order valence-electron chi connectivity index (χ4n) is 3.04. The van der Waals surface area contributed by atoms with Gasteiger partial charge in [0.25, 0.3) is 0 Å². The van der Waals surface area contributed by atoms with Gasteiger partial charge in [-0.15, -0.1) is 0 Å². The summed E-state index contributed by atoms with van der Waals surface area (Å²) in [6, 6.07) is 9.35. The Hall–Kier alpha value is -1.35. The predicted molar refractivity (Wildman–Crippen MR) is 80.2 cm³/mol. The summed E-state index contributed by atoms with van der Waals surface area (Å²) in [5, 5.41) is 13.0. The van der Waals surface area contributed by atoms with Gasteiger partial charge in [-0.25, -0.2) is 0 Å². The van der Waals surface area contributed by atoms with Crippen LogP contribution in [0.4, 0.5) is 0 Å². The Morgan fingerprint density at radius 3 is 2.80 bits per heavy atom. The summed E-state index contributed by atoms with van der Waals surface area (Å²) >= 11 is 0. The minimum Gasteiger partial charge on any atom is -0.388 e. The number of benzene rings is 1. The number of nitrogens with one attached hydrogen (secondary N) is 1. The first-order valence-corrected chi connectivity index (χ1v) is 7.65. The molecule has 2 rings (SSSR count). The van der Waals surface area contributed by atoms with Crippen molar-refractivity contribution in [2.24, 2.45) is 11.8 Å². The van der Waals surface area contributed by atoms with Crippen LogP contribution in [0.25, 0.3) is 0 Å². The van der Waals surface area contributed by atoms with E-state index in [0.29, 0.717) is 5.92 Å². The Balaban J connectivity index is 1.72. The Kier molecular flexibility index (Phi) is 5.60. The molecule has 0 radical (unpaired) electrons. The summed E-state index contributed by atoms with van der Waals surface area (Å²) in [5.41, 5.74) is 0.800. The zero-order valence-corrected chi connectivity index (χ0v) is 12.2. The van der Waals surface area contributed by atoms with E-state index in [-0.39, 0.29) is 12.3 Å². The average molecular weight is 275 g/mol. The van der Waals surface area contributed by atoms with Crippen molar-refractivity contribution in [1.29, 1.82) is 0 Å². The lowest BCUT2D eigenvalue weighted by Gasteiger charge is -2.26. The molecule has 1 aromatic carbocycles. The smallest absolute Gasteiger partial charge is 0.222 e. The molecule has 1 aliphatic carbocycles. The van der Waals surface area contributed by atoms with Gasteiger partial charge in [0.15, 0.2) is 0 Å². The van der Waals surface area contributed by atoms with E-state index in [2.05, 4.69) is 12.2 Å². The molecule has 1 saturated carbocycles. The first-order valence-electron chi connectivity index (χ1n) is 7.65. The van der Waals surface area contributed by atoms with E-state index < -0.39 is 6.10 Å². The molecule has 3 unspecified atom stereocenters. The highest BCUT2D eigenvalue weighted by Gasteiger charge is 2.20. The Morgan fingerprint density at radius 2 is 2.10 bits per heavy atom. The van der Waals surface area contributed by atoms with Crippen molar-refractivity contribution in [1.82, 2.24) is 5.32 Å². The topological polar surface area (TPSA) is 49.3 Å². The Labute approximate surface area is 121 Å². The molecule has 0 aromatic heterocycles. The molecule has 1 amide bonds. The summed E-state index contributed by atoms with van der Waals surface area (Å²) in [6.45, 7) is 3.04. The first kappa shape index (κ1) is 15.0. The van der Waals surface area contributed by atoms with E-state index in [0.717, 1.165) is 18.0 Å². The second-order valence-electron chi connectivity index (χ2n) is 6.07. The van der Waals surface area contributed by atoms with E-state index in [4.69, 9.17) is 0 Å². The van der Waals surface area contributed by atoms with Crippen LogP contribution in [0.2, 0.25) is 0 Å². The molecule has 1 fully saturated rings. The van der Waals surface area contributed by atoms with Gasteiger partial charge in [-0.1, -0.05) is 50.1 Å². The number of hydrogen-bond donors (Lipinski definition) is 2. The summed E-state index contributed by atoms with van der Waals surface area (Å²) in [5.74, 6) is 1.33. The lowest BCUT2D eigenvalue weighted by atomic mass is 9.82. The van der Waals surface area contributed by atoms with Crippen LogP contribution in [-0.4, -0.2) is 17.6 Å². The van der Waals surface area contributed by atoms with Crippen LogP contribution in [-0.2, 0) is 4.79 Å². The molecular formula is C17H25NO2. The molecule has 0 heterocycles. The van der Waals surface area contributed by atoms with Crippen molar-refractivity contribution in [3.8, 4) is 0 Å². The summed E-state index contributed by atoms with van der Waals surface area (Å²) < 4.78 is 0. The van der Waals surface area contributed by atoms with Gasteiger partial charge in [-0.3, -0.25) is 4.79 Å². The average Bonchev–Trinajstić information content (AvgIpc) is 2.46. The van der Waals surface area contributed by atoms with Gasteiger partial charge in [0.2, 0.25) is 5.91 Å². The Morgan fingerprint density at radius 1 is 1.35 bits per heavy atom. The molecule has 20 heavy (non-hydrogen) atoms. The standard InChI is InChI=1S/C17H25NO2/c1-13-6-5-7-14(10-13)12-18-17(20)11-16(19)15-8-3-2-4-9-15/h2-4,8-9,13-14,16,19H,5-7,10-12H2,1H3,(H,18,20). The van der Waals surface area contributed by atoms with Gasteiger partial charge >= 0.3 is 0 Å². The summed E-state index contributed by atoms with van der Waals surface area (Å²) in [6.07, 6.45) is 4.45. The number of rotatable bonds is 5. The summed E-state index contributed by atoms with van der Waals surface area (Å²) in [4.78, 5) is 11.9. The second kappa shape index (κ2) is 7.44. The van der Waals surface area contributed by atoms with Crippen LogP contribution < -0.4 is 5.32 Å². The van der Waals surface area contributed by atoms with Crippen LogP contribution in [0, 0.1) is 11.8 Å². The van der Waals surface area contributed by atoms with Crippen molar-refractivity contribution in [2.45, 2.75) is 45.1 Å². The van der Waals surface area contributed by atoms with Crippen molar-refractivity contribution < 1.29 is 9.90 Å². The number of amides is 1. The highest BCUT2D eigenvalue weighted by atomic mass is 16.3. The fourth-order valence-corrected chi connectivity index (χ4v) is 3.04. The molecular weight excluding hydrogens is 250 g/mol. The van der Waals surface area contributed by atoms with E-state index in [1.54, 1.807) is 0 Å². The molecule has 0 bridgehead atoms. The predicted octanol–water partition coefficient (Wildman–Crippen LogP) is 3.05. The minimum atomic E-state index is -0.707. The number of aliphatic hydroxyl groups excluding tert-OH is 1. The number of carbonyl (C=O) groups is 1. The van der Waals surface area contributed by atoms with Gasteiger partial charge in [0, 0.05) is 6.54 Å². The maximum absolute atomic E-state index is 11.9. The third kappa shape index (κ3) is 4.64. The first-order chi connectivity index (χ1) is 9.65. The van der Waals surface area contributed by atoms with Crippen LogP contribution in [0.5, 0.6) is 0 Å². The third-order valence-corrected chi connectivity index (χ3v) is 4.20. The molecule has 0 aliphatic heterocycles. The number of hydrogen-bond acceptors (Lipinski definition) is 2. The van der Waals surface area contributed by atoms with Crippen LogP contribution in [0.15, 0.2) is 30.3 Å². The number of aliphatic hydroxyl groups is 1. The molecule has 3 atom stereocenters. The zero-order chi connectivity index (χ0) is 14.4.